The van der Waals surface area contributed by atoms with Gasteiger partial charge in [0.1, 0.15) is 5.69 Å². The van der Waals surface area contributed by atoms with Gasteiger partial charge in [0.05, 0.1) is 24.7 Å². The molecule has 18 heavy (non-hydrogen) atoms. The van der Waals surface area contributed by atoms with Crippen molar-refractivity contribution in [2.45, 2.75) is 6.61 Å². The lowest BCUT2D eigenvalue weighted by atomic mass is 10.1. The summed E-state index contributed by atoms with van der Waals surface area (Å²) in [6.45, 7) is 2.28. The van der Waals surface area contributed by atoms with E-state index in [2.05, 4.69) is 0 Å². The van der Waals surface area contributed by atoms with Crippen LogP contribution in [-0.4, -0.2) is 36.3 Å². The molecule has 0 spiro atoms. The van der Waals surface area contributed by atoms with Crippen molar-refractivity contribution < 1.29 is 27.2 Å². The highest BCUT2D eigenvalue weighted by atomic mass is 35.5. The maximum atomic E-state index is 11.0. The summed E-state index contributed by atoms with van der Waals surface area (Å²) in [6.07, 6.45) is 0. The average molecular weight is 274 g/mol. The predicted molar refractivity (Wildman–Crippen MR) is 62.1 cm³/mol. The van der Waals surface area contributed by atoms with Gasteiger partial charge in [-0.2, -0.15) is 0 Å². The second kappa shape index (κ2) is 6.53. The molecule has 0 unspecified atom stereocenters. The number of anilines is 1. The van der Waals surface area contributed by atoms with Gasteiger partial charge in [0.2, 0.25) is 0 Å². The molecule has 7 heteroatoms. The van der Waals surface area contributed by atoms with Crippen LogP contribution >= 0.6 is 0 Å². The third kappa shape index (κ3) is 3.10. The summed E-state index contributed by atoms with van der Waals surface area (Å²) in [7, 11) is 0. The van der Waals surface area contributed by atoms with Gasteiger partial charge >= 0.3 is 0 Å². The second-order valence-electron chi connectivity index (χ2n) is 3.84. The highest BCUT2D eigenvalue weighted by molar-refractivity contribution is 5.64. The first kappa shape index (κ1) is 14.7. The first-order chi connectivity index (χ1) is 8.22. The lowest BCUT2D eigenvalue weighted by Crippen LogP contribution is -3.00. The van der Waals surface area contributed by atoms with Gasteiger partial charge < -0.3 is 27.2 Å². The number of nitro groups is 1. The summed E-state index contributed by atoms with van der Waals surface area (Å²) in [5.74, 6) is 0. The van der Waals surface area contributed by atoms with Crippen molar-refractivity contribution >= 4 is 11.4 Å². The van der Waals surface area contributed by atoms with Crippen LogP contribution in [0, 0.1) is 10.1 Å². The molecule has 1 saturated heterocycles. The van der Waals surface area contributed by atoms with Gasteiger partial charge in [0, 0.05) is 19.2 Å². The van der Waals surface area contributed by atoms with Crippen LogP contribution in [0.4, 0.5) is 11.4 Å². The van der Waals surface area contributed by atoms with Crippen molar-refractivity contribution in [2.24, 2.45) is 0 Å². The molecule has 0 radical (unpaired) electrons. The average Bonchev–Trinajstić information content (AvgIpc) is 2.39. The monoisotopic (exact) mass is 273 g/mol. The molecule has 1 fully saturated rings. The lowest BCUT2D eigenvalue weighted by Gasteiger charge is -2.28. The van der Waals surface area contributed by atoms with Crippen LogP contribution < -0.4 is 17.3 Å². The van der Waals surface area contributed by atoms with Crippen LogP contribution in [0.2, 0.25) is 0 Å². The van der Waals surface area contributed by atoms with Gasteiger partial charge in [-0.05, 0) is 11.6 Å². The molecule has 1 heterocycles. The zero-order valence-corrected chi connectivity index (χ0v) is 10.5. The summed E-state index contributed by atoms with van der Waals surface area (Å²) in [4.78, 5) is 12.5. The van der Waals surface area contributed by atoms with Gasteiger partial charge in [-0.1, -0.05) is 6.07 Å². The molecular formula is C11H14ClN2O4-. The van der Waals surface area contributed by atoms with Crippen LogP contribution in [0.3, 0.4) is 0 Å². The normalized spacial score (nSPS) is 15.1. The minimum Gasteiger partial charge on any atom is -1.00 e. The molecule has 1 aromatic carbocycles. The number of morpholine rings is 1. The number of aliphatic hydroxyl groups excluding tert-OH is 1. The van der Waals surface area contributed by atoms with Gasteiger partial charge in [-0.25, -0.2) is 0 Å². The molecule has 0 amide bonds. The highest BCUT2D eigenvalue weighted by Crippen LogP contribution is 2.29. The summed E-state index contributed by atoms with van der Waals surface area (Å²) < 4.78 is 5.21. The van der Waals surface area contributed by atoms with Crippen LogP contribution in [-0.2, 0) is 11.3 Å². The Morgan fingerprint density at radius 2 is 2.06 bits per heavy atom. The van der Waals surface area contributed by atoms with E-state index < -0.39 is 4.92 Å². The Morgan fingerprint density at radius 3 is 2.61 bits per heavy atom. The molecule has 0 aromatic heterocycles. The Labute approximate surface area is 111 Å². The molecular weight excluding hydrogens is 260 g/mol. The molecule has 2 rings (SSSR count). The van der Waals surface area contributed by atoms with Gasteiger partial charge in [0.25, 0.3) is 5.69 Å². The van der Waals surface area contributed by atoms with E-state index in [9.17, 15) is 10.1 Å². The molecule has 100 valence electrons. The summed E-state index contributed by atoms with van der Waals surface area (Å²) in [6, 6.07) is 4.82. The van der Waals surface area contributed by atoms with E-state index in [1.54, 1.807) is 12.1 Å². The van der Waals surface area contributed by atoms with E-state index >= 15 is 0 Å². The molecule has 1 aliphatic heterocycles. The van der Waals surface area contributed by atoms with Crippen molar-refractivity contribution in [3.8, 4) is 0 Å². The van der Waals surface area contributed by atoms with Crippen molar-refractivity contribution in [3.05, 3.63) is 33.9 Å². The molecule has 0 atom stereocenters. The first-order valence-corrected chi connectivity index (χ1v) is 5.43. The van der Waals surface area contributed by atoms with E-state index in [1.807, 2.05) is 4.90 Å². The Kier molecular flexibility index (Phi) is 5.33. The van der Waals surface area contributed by atoms with Crippen molar-refractivity contribution in [2.75, 3.05) is 31.2 Å². The fraction of sp³-hybridized carbons (Fsp3) is 0.455. The molecule has 0 bridgehead atoms. The maximum absolute atomic E-state index is 11.0. The number of rotatable bonds is 3. The Morgan fingerprint density at radius 1 is 1.39 bits per heavy atom. The molecule has 0 saturated carbocycles. The van der Waals surface area contributed by atoms with Gasteiger partial charge in [-0.15, -0.1) is 0 Å². The van der Waals surface area contributed by atoms with Crippen molar-refractivity contribution in [1.82, 2.24) is 0 Å². The lowest BCUT2D eigenvalue weighted by molar-refractivity contribution is -0.384. The topological polar surface area (TPSA) is 75.8 Å². The predicted octanol–water partition coefficient (Wildman–Crippen LogP) is -2.07. The van der Waals surface area contributed by atoms with Crippen molar-refractivity contribution in [3.63, 3.8) is 0 Å². The number of benzene rings is 1. The van der Waals surface area contributed by atoms with Crippen molar-refractivity contribution in [1.29, 1.82) is 0 Å². The van der Waals surface area contributed by atoms with Crippen LogP contribution in [0.25, 0.3) is 0 Å². The Balaban J connectivity index is 0.00000162. The zero-order chi connectivity index (χ0) is 12.3. The Bertz CT molecular complexity index is 422. The minimum atomic E-state index is -0.413. The van der Waals surface area contributed by atoms with E-state index in [-0.39, 0.29) is 24.7 Å². The number of nitrogens with zero attached hydrogens (tertiary/aromatic N) is 2. The number of hydrogen-bond acceptors (Lipinski definition) is 5. The maximum Gasteiger partial charge on any atom is 0.292 e. The highest BCUT2D eigenvalue weighted by Gasteiger charge is 2.21. The molecule has 0 aliphatic carbocycles. The zero-order valence-electron chi connectivity index (χ0n) is 9.71. The number of halogens is 1. The molecule has 1 aliphatic rings. The van der Waals surface area contributed by atoms with Crippen LogP contribution in [0.1, 0.15) is 5.56 Å². The SMILES string of the molecule is O=[N+]([O-])c1cc(CO)ccc1N1CCOCC1.[Cl-]. The number of ether oxygens (including phenoxy) is 1. The van der Waals surface area contributed by atoms with Gasteiger partial charge in [0.15, 0.2) is 0 Å². The molecule has 6 nitrogen and oxygen atoms in total. The fourth-order valence-corrected chi connectivity index (χ4v) is 1.89. The summed E-state index contributed by atoms with van der Waals surface area (Å²) in [5.41, 5.74) is 1.18. The van der Waals surface area contributed by atoms with E-state index in [1.165, 1.54) is 6.07 Å². The third-order valence-corrected chi connectivity index (χ3v) is 2.77. The minimum absolute atomic E-state index is 0. The third-order valence-electron chi connectivity index (χ3n) is 2.77. The standard InChI is InChI=1S/C11H14N2O4.ClH/c14-8-9-1-2-10(11(7-9)13(15)16)12-3-5-17-6-4-12;/h1-2,7,14H,3-6,8H2;1H/p-1. The van der Waals surface area contributed by atoms with Crippen LogP contribution in [0.15, 0.2) is 18.2 Å². The summed E-state index contributed by atoms with van der Waals surface area (Å²) in [5, 5.41) is 20.0. The quantitative estimate of drug-likeness (QED) is 0.506. The first-order valence-electron chi connectivity index (χ1n) is 5.43. The van der Waals surface area contributed by atoms with E-state index in [0.717, 1.165) is 0 Å². The number of hydrogen-bond donors (Lipinski definition) is 1. The van der Waals surface area contributed by atoms with E-state index in [4.69, 9.17) is 9.84 Å². The fourth-order valence-electron chi connectivity index (χ4n) is 1.89. The second-order valence-corrected chi connectivity index (χ2v) is 3.84. The van der Waals surface area contributed by atoms with Gasteiger partial charge in [-0.3, -0.25) is 10.1 Å². The van der Waals surface area contributed by atoms with Crippen LogP contribution in [0.5, 0.6) is 0 Å². The molecule has 1 N–H and O–H groups in total. The Hall–Kier alpha value is -1.37. The largest absolute Gasteiger partial charge is 1.00 e. The van der Waals surface area contributed by atoms with E-state index in [0.29, 0.717) is 37.6 Å². The number of nitro benzene ring substituents is 1. The summed E-state index contributed by atoms with van der Waals surface area (Å²) >= 11 is 0. The molecule has 1 aromatic rings. The number of aliphatic hydroxyl groups is 1. The smallest absolute Gasteiger partial charge is 0.292 e.